The molecular formula is C19H17Cl2N5O2. The Morgan fingerprint density at radius 3 is 2.61 bits per heavy atom. The number of benzene rings is 2. The monoisotopic (exact) mass is 417 g/mol. The molecule has 0 aliphatic rings. The van der Waals surface area contributed by atoms with Gasteiger partial charge < -0.3 is 20.7 Å². The van der Waals surface area contributed by atoms with E-state index in [4.69, 9.17) is 33.7 Å². The van der Waals surface area contributed by atoms with Gasteiger partial charge >= 0.3 is 5.97 Å². The molecule has 0 saturated carbocycles. The number of esters is 1. The van der Waals surface area contributed by atoms with Gasteiger partial charge in [-0.25, -0.2) is 14.8 Å². The molecule has 0 aliphatic heterocycles. The first-order chi connectivity index (χ1) is 13.4. The van der Waals surface area contributed by atoms with Gasteiger partial charge in [0.2, 0.25) is 0 Å². The first-order valence-electron chi connectivity index (χ1n) is 8.16. The summed E-state index contributed by atoms with van der Waals surface area (Å²) < 4.78 is 4.85. The van der Waals surface area contributed by atoms with Crippen LogP contribution in [0.1, 0.15) is 10.4 Å². The van der Waals surface area contributed by atoms with Crippen LogP contribution >= 0.6 is 23.2 Å². The minimum absolute atomic E-state index is 0.302. The Kier molecular flexibility index (Phi) is 5.87. The molecule has 0 fully saturated rings. The predicted molar refractivity (Wildman–Crippen MR) is 112 cm³/mol. The lowest BCUT2D eigenvalue weighted by atomic mass is 10.1. The first-order valence-corrected chi connectivity index (χ1v) is 8.91. The Morgan fingerprint density at radius 2 is 1.89 bits per heavy atom. The van der Waals surface area contributed by atoms with E-state index in [-0.39, 0.29) is 0 Å². The van der Waals surface area contributed by atoms with Crippen LogP contribution in [0, 0.1) is 0 Å². The van der Waals surface area contributed by atoms with E-state index in [0.717, 1.165) is 0 Å². The lowest BCUT2D eigenvalue weighted by Crippen LogP contribution is -2.18. The number of nitrogens with two attached hydrogens (primary N) is 1. The summed E-state index contributed by atoms with van der Waals surface area (Å²) in [7, 11) is 3.08. The number of nitrogens with zero attached hydrogens (tertiary/aromatic N) is 3. The lowest BCUT2D eigenvalue weighted by Gasteiger charge is -2.23. The minimum atomic E-state index is -0.454. The number of nitrogen functional groups attached to an aromatic ring is 1. The second kappa shape index (κ2) is 8.33. The zero-order valence-electron chi connectivity index (χ0n) is 15.1. The van der Waals surface area contributed by atoms with Crippen molar-refractivity contribution in [3.05, 3.63) is 64.4 Å². The van der Waals surface area contributed by atoms with Gasteiger partial charge in [-0.05, 0) is 30.3 Å². The normalized spacial score (nSPS) is 10.4. The van der Waals surface area contributed by atoms with E-state index in [1.54, 1.807) is 48.3 Å². The van der Waals surface area contributed by atoms with Gasteiger partial charge in [0.05, 0.1) is 28.4 Å². The maximum absolute atomic E-state index is 12.1. The Hall–Kier alpha value is -3.03. The molecule has 3 N–H and O–H groups in total. The van der Waals surface area contributed by atoms with Crippen molar-refractivity contribution in [2.24, 2.45) is 0 Å². The van der Waals surface area contributed by atoms with Crippen LogP contribution in [0.2, 0.25) is 10.0 Å². The Labute approximate surface area is 172 Å². The number of nitrogens with one attached hydrogen (secondary N) is 1. The summed E-state index contributed by atoms with van der Waals surface area (Å²) in [6.07, 6.45) is 1.38. The van der Waals surface area contributed by atoms with E-state index in [0.29, 0.717) is 44.3 Å². The molecule has 1 aromatic heterocycles. The van der Waals surface area contributed by atoms with Crippen LogP contribution in [0.5, 0.6) is 0 Å². The van der Waals surface area contributed by atoms with E-state index >= 15 is 0 Å². The van der Waals surface area contributed by atoms with Crippen molar-refractivity contribution in [3.63, 3.8) is 0 Å². The molecule has 0 amide bonds. The summed E-state index contributed by atoms with van der Waals surface area (Å²) in [5.74, 6) is 0.365. The van der Waals surface area contributed by atoms with Crippen molar-refractivity contribution in [1.29, 1.82) is 0 Å². The number of para-hydroxylation sites is 1. The third-order valence-corrected chi connectivity index (χ3v) is 4.77. The number of anilines is 5. The third kappa shape index (κ3) is 3.95. The molecule has 1 heterocycles. The van der Waals surface area contributed by atoms with Crippen LogP contribution in [-0.4, -0.2) is 30.1 Å². The van der Waals surface area contributed by atoms with Gasteiger partial charge in [0.25, 0.3) is 0 Å². The van der Waals surface area contributed by atoms with Crippen LogP contribution in [0.3, 0.4) is 0 Å². The largest absolute Gasteiger partial charge is 0.465 e. The minimum Gasteiger partial charge on any atom is -0.465 e. The van der Waals surface area contributed by atoms with E-state index in [1.165, 1.54) is 13.4 Å². The number of ether oxygens (including phenoxy) is 1. The highest BCUT2D eigenvalue weighted by Gasteiger charge is 2.19. The van der Waals surface area contributed by atoms with Crippen molar-refractivity contribution in [2.45, 2.75) is 0 Å². The van der Waals surface area contributed by atoms with Crippen molar-refractivity contribution in [2.75, 3.05) is 30.1 Å². The highest BCUT2D eigenvalue weighted by molar-refractivity contribution is 6.42. The van der Waals surface area contributed by atoms with Crippen LogP contribution in [0.4, 0.5) is 28.7 Å². The number of carbonyl (C=O) groups excluding carboxylic acids is 1. The van der Waals surface area contributed by atoms with Crippen LogP contribution < -0.4 is 16.0 Å². The van der Waals surface area contributed by atoms with E-state index in [9.17, 15) is 4.79 Å². The van der Waals surface area contributed by atoms with Crippen molar-refractivity contribution in [3.8, 4) is 0 Å². The average molecular weight is 418 g/mol. The second-order valence-electron chi connectivity index (χ2n) is 5.78. The molecule has 0 spiro atoms. The summed E-state index contributed by atoms with van der Waals surface area (Å²) in [6, 6.07) is 12.1. The Morgan fingerprint density at radius 1 is 1.14 bits per heavy atom. The van der Waals surface area contributed by atoms with Crippen molar-refractivity contribution < 1.29 is 9.53 Å². The molecule has 144 valence electrons. The zero-order valence-corrected chi connectivity index (χ0v) is 16.6. The van der Waals surface area contributed by atoms with Gasteiger partial charge in [0.15, 0.2) is 11.6 Å². The van der Waals surface area contributed by atoms with Crippen LogP contribution in [0.15, 0.2) is 48.8 Å². The summed E-state index contributed by atoms with van der Waals surface area (Å²) in [5, 5.41) is 3.95. The number of carbonyl (C=O) groups is 1. The van der Waals surface area contributed by atoms with E-state index in [2.05, 4.69) is 15.3 Å². The summed E-state index contributed by atoms with van der Waals surface area (Å²) in [6.45, 7) is 0. The van der Waals surface area contributed by atoms with Gasteiger partial charge in [-0.3, -0.25) is 0 Å². The molecule has 0 aliphatic carbocycles. The second-order valence-corrected chi connectivity index (χ2v) is 6.60. The molecule has 7 nitrogen and oxygen atoms in total. The highest BCUT2D eigenvalue weighted by Crippen LogP contribution is 2.34. The number of hydrogen-bond donors (Lipinski definition) is 2. The van der Waals surface area contributed by atoms with Crippen LogP contribution in [0.25, 0.3) is 0 Å². The molecule has 3 aromatic rings. The Balaban J connectivity index is 1.97. The van der Waals surface area contributed by atoms with Gasteiger partial charge in [-0.15, -0.1) is 0 Å². The fourth-order valence-corrected chi connectivity index (χ4v) is 2.92. The van der Waals surface area contributed by atoms with Gasteiger partial charge in [-0.1, -0.05) is 35.3 Å². The quantitative estimate of drug-likeness (QED) is 0.582. The Bertz CT molecular complexity index is 1030. The average Bonchev–Trinajstić information content (AvgIpc) is 2.71. The first kappa shape index (κ1) is 19.7. The SMILES string of the molecule is COC(=O)c1ccccc1N(C)c1ncnc(Nc2ccc(Cl)c(Cl)c2)c1N. The lowest BCUT2D eigenvalue weighted by molar-refractivity contribution is 0.0601. The number of halogens is 2. The van der Waals surface area contributed by atoms with Gasteiger partial charge in [-0.2, -0.15) is 0 Å². The van der Waals surface area contributed by atoms with Crippen molar-refractivity contribution in [1.82, 2.24) is 9.97 Å². The van der Waals surface area contributed by atoms with E-state index in [1.807, 2.05) is 6.07 Å². The molecule has 0 radical (unpaired) electrons. The van der Waals surface area contributed by atoms with Gasteiger partial charge in [0, 0.05) is 12.7 Å². The maximum atomic E-state index is 12.1. The molecule has 0 bridgehead atoms. The topological polar surface area (TPSA) is 93.4 Å². The number of rotatable bonds is 5. The molecule has 0 atom stereocenters. The smallest absolute Gasteiger partial charge is 0.339 e. The zero-order chi connectivity index (χ0) is 20.3. The standard InChI is InChI=1S/C19H17Cl2N5O2/c1-26(15-6-4-3-5-12(15)19(27)28-2)18-16(22)17(23-10-24-18)25-11-7-8-13(20)14(21)9-11/h3-10H,22H2,1-2H3,(H,23,24,25). The highest BCUT2D eigenvalue weighted by atomic mass is 35.5. The van der Waals surface area contributed by atoms with E-state index < -0.39 is 5.97 Å². The number of methoxy groups -OCH3 is 1. The predicted octanol–water partition coefficient (Wildman–Crippen LogP) is 4.66. The molecule has 0 unspecified atom stereocenters. The fourth-order valence-electron chi connectivity index (χ4n) is 2.63. The summed E-state index contributed by atoms with van der Waals surface area (Å²) in [5.41, 5.74) is 8.25. The molecule has 2 aromatic carbocycles. The summed E-state index contributed by atoms with van der Waals surface area (Å²) >= 11 is 12.0. The molecule has 9 heteroatoms. The van der Waals surface area contributed by atoms with Gasteiger partial charge in [0.1, 0.15) is 12.0 Å². The maximum Gasteiger partial charge on any atom is 0.339 e. The third-order valence-electron chi connectivity index (χ3n) is 4.03. The molecule has 3 rings (SSSR count). The molecule has 28 heavy (non-hydrogen) atoms. The molecule has 0 saturated heterocycles. The van der Waals surface area contributed by atoms with Crippen molar-refractivity contribution >= 4 is 57.9 Å². The fraction of sp³-hybridized carbons (Fsp3) is 0.105. The number of aromatic nitrogens is 2. The van der Waals surface area contributed by atoms with Crippen LogP contribution in [-0.2, 0) is 4.74 Å². The molecular weight excluding hydrogens is 401 g/mol. The number of hydrogen-bond acceptors (Lipinski definition) is 7. The summed E-state index contributed by atoms with van der Waals surface area (Å²) in [4.78, 5) is 22.2.